The molecule has 3 aliphatic rings. The number of carbonyl (C=O) groups excluding carboxylic acids is 1. The molecule has 12 N–H and O–H groups in total. The molecule has 3 fully saturated rings. The van der Waals surface area contributed by atoms with Crippen molar-refractivity contribution < 1.29 is 89.4 Å². The highest BCUT2D eigenvalue weighted by atomic mass is 16.8. The Morgan fingerprint density at radius 1 is 0.343 bits per heavy atom. The maximum Gasteiger partial charge on any atom is 0.220 e. The molecule has 0 saturated carbocycles. The van der Waals surface area contributed by atoms with Crippen LogP contribution in [-0.4, -0.2) is 193 Å². The fourth-order valence-corrected chi connectivity index (χ4v) is 15.0. The zero-order valence-corrected chi connectivity index (χ0v) is 64.9. The van der Waals surface area contributed by atoms with Crippen LogP contribution in [0.5, 0.6) is 0 Å². The quantitative estimate of drug-likeness (QED) is 0.0199. The van der Waals surface area contributed by atoms with E-state index in [-0.39, 0.29) is 18.9 Å². The Hall–Kier alpha value is -1.47. The number of unbranched alkanes of at least 4 members (excludes halogenated alkanes) is 52. The molecule has 604 valence electrons. The van der Waals surface area contributed by atoms with E-state index in [9.17, 15) is 61.0 Å². The van der Waals surface area contributed by atoms with Gasteiger partial charge in [0.25, 0.3) is 0 Å². The molecule has 19 heteroatoms. The molecule has 3 rings (SSSR count). The average Bonchev–Trinajstić information content (AvgIpc) is 0.781. The third kappa shape index (κ3) is 43.7. The fourth-order valence-electron chi connectivity index (χ4n) is 15.0. The van der Waals surface area contributed by atoms with Crippen molar-refractivity contribution in [2.45, 2.75) is 484 Å². The second kappa shape index (κ2) is 64.4. The zero-order chi connectivity index (χ0) is 73.9. The van der Waals surface area contributed by atoms with E-state index in [0.29, 0.717) is 12.8 Å². The van der Waals surface area contributed by atoms with Gasteiger partial charge in [-0.25, -0.2) is 0 Å². The van der Waals surface area contributed by atoms with Crippen LogP contribution in [-0.2, 0) is 33.2 Å². The Bertz CT molecular complexity index is 1890. The van der Waals surface area contributed by atoms with Crippen molar-refractivity contribution in [3.8, 4) is 0 Å². The molecule has 3 saturated heterocycles. The summed E-state index contributed by atoms with van der Waals surface area (Å²) in [5.74, 6) is -0.233. The molecule has 0 radical (unpaired) electrons. The zero-order valence-electron chi connectivity index (χ0n) is 64.9. The first-order valence-corrected chi connectivity index (χ1v) is 42.9. The molecule has 0 aliphatic carbocycles. The summed E-state index contributed by atoms with van der Waals surface area (Å²) in [5.41, 5.74) is 0. The van der Waals surface area contributed by atoms with Gasteiger partial charge in [0, 0.05) is 6.42 Å². The predicted molar refractivity (Wildman–Crippen MR) is 407 cm³/mol. The SMILES string of the molecule is CCCCCCCCCC/C=C\CCCCCCCCCCCCCCCCCCCCCCCCCC(=O)NC(COC1OC(CO)C(OC2OC(CO)C(OC3OC(CO)C(O)C(O)C3O)C(O)C2O)C(O)C1O)C(O)CCCCCCCCCCCCCCCCCCCCCCCC. The fraction of sp³-hybridized carbons (Fsp3) is 0.964. The van der Waals surface area contributed by atoms with Crippen LogP contribution in [0.15, 0.2) is 12.2 Å². The van der Waals surface area contributed by atoms with Crippen LogP contribution in [0.4, 0.5) is 0 Å². The van der Waals surface area contributed by atoms with Crippen LogP contribution in [0.2, 0.25) is 0 Å². The second-order valence-corrected chi connectivity index (χ2v) is 31.0. The molecule has 17 atom stereocenters. The van der Waals surface area contributed by atoms with Gasteiger partial charge in [0.2, 0.25) is 5.91 Å². The molecular weight excluding hydrogens is 1300 g/mol. The van der Waals surface area contributed by atoms with E-state index >= 15 is 0 Å². The van der Waals surface area contributed by atoms with Crippen LogP contribution in [0.25, 0.3) is 0 Å². The van der Waals surface area contributed by atoms with Crippen molar-refractivity contribution in [1.29, 1.82) is 0 Å². The van der Waals surface area contributed by atoms with Gasteiger partial charge in [-0.1, -0.05) is 347 Å². The van der Waals surface area contributed by atoms with Gasteiger partial charge in [-0.3, -0.25) is 4.79 Å². The van der Waals surface area contributed by atoms with Crippen LogP contribution in [0.1, 0.15) is 380 Å². The molecule has 3 aliphatic heterocycles. The summed E-state index contributed by atoms with van der Waals surface area (Å²) in [6.45, 7) is 1.87. The Balaban J connectivity index is 1.32. The number of nitrogens with one attached hydrogen (secondary N) is 1. The van der Waals surface area contributed by atoms with E-state index in [1.165, 1.54) is 302 Å². The maximum absolute atomic E-state index is 13.5. The van der Waals surface area contributed by atoms with Crippen LogP contribution in [0.3, 0.4) is 0 Å². The van der Waals surface area contributed by atoms with Gasteiger partial charge in [-0.15, -0.1) is 0 Å². The molecule has 19 nitrogen and oxygen atoms in total. The number of hydrogen-bond acceptors (Lipinski definition) is 18. The highest BCUT2D eigenvalue weighted by Crippen LogP contribution is 2.34. The van der Waals surface area contributed by atoms with Gasteiger partial charge in [0.1, 0.15) is 73.2 Å². The lowest BCUT2D eigenvalue weighted by Crippen LogP contribution is -2.66. The molecule has 1 amide bonds. The van der Waals surface area contributed by atoms with Gasteiger partial charge < -0.3 is 89.9 Å². The van der Waals surface area contributed by atoms with Crippen LogP contribution < -0.4 is 5.32 Å². The van der Waals surface area contributed by atoms with E-state index in [0.717, 1.165) is 44.9 Å². The lowest BCUT2D eigenvalue weighted by Gasteiger charge is -2.48. The van der Waals surface area contributed by atoms with Crippen LogP contribution >= 0.6 is 0 Å². The molecule has 0 bridgehead atoms. The lowest BCUT2D eigenvalue weighted by atomic mass is 9.96. The van der Waals surface area contributed by atoms with E-state index in [4.69, 9.17) is 28.4 Å². The first kappa shape index (κ1) is 94.7. The van der Waals surface area contributed by atoms with Crippen molar-refractivity contribution in [3.05, 3.63) is 12.2 Å². The third-order valence-electron chi connectivity index (χ3n) is 21.8. The van der Waals surface area contributed by atoms with Crippen molar-refractivity contribution in [3.63, 3.8) is 0 Å². The number of rotatable bonds is 70. The largest absolute Gasteiger partial charge is 0.394 e. The van der Waals surface area contributed by atoms with Crippen molar-refractivity contribution in [2.75, 3.05) is 26.4 Å². The normalized spacial score (nSPS) is 26.1. The number of aliphatic hydroxyl groups is 11. The molecule has 0 spiro atoms. The van der Waals surface area contributed by atoms with Gasteiger partial charge in [-0.05, 0) is 38.5 Å². The monoisotopic (exact) mass is 1460 g/mol. The van der Waals surface area contributed by atoms with Crippen molar-refractivity contribution in [1.82, 2.24) is 5.32 Å². The van der Waals surface area contributed by atoms with E-state index in [1.54, 1.807) is 0 Å². The number of allylic oxidation sites excluding steroid dienone is 2. The van der Waals surface area contributed by atoms with Crippen LogP contribution in [0, 0.1) is 0 Å². The summed E-state index contributed by atoms with van der Waals surface area (Å²) >= 11 is 0. The first-order valence-electron chi connectivity index (χ1n) is 42.9. The predicted octanol–water partition coefficient (Wildman–Crippen LogP) is 15.1. The molecule has 17 unspecified atom stereocenters. The molecular formula is C83H159NO18. The van der Waals surface area contributed by atoms with E-state index in [2.05, 4.69) is 31.3 Å². The molecule has 0 aromatic rings. The summed E-state index contributed by atoms with van der Waals surface area (Å²) in [7, 11) is 0. The highest BCUT2D eigenvalue weighted by molar-refractivity contribution is 5.76. The summed E-state index contributed by atoms with van der Waals surface area (Å²) in [6.07, 6.45) is 50.3. The number of aliphatic hydroxyl groups excluding tert-OH is 11. The van der Waals surface area contributed by atoms with Gasteiger partial charge in [-0.2, -0.15) is 0 Å². The maximum atomic E-state index is 13.5. The number of carbonyl (C=O) groups is 1. The van der Waals surface area contributed by atoms with Gasteiger partial charge in [0.15, 0.2) is 18.9 Å². The average molecular weight is 1460 g/mol. The smallest absolute Gasteiger partial charge is 0.220 e. The van der Waals surface area contributed by atoms with Gasteiger partial charge in [0.05, 0.1) is 38.6 Å². The standard InChI is InChI=1S/C83H159NO18/c1-3-5-7-9-11-13-15-17-19-21-23-25-27-28-29-30-31-32-33-34-35-36-37-38-39-41-43-45-47-49-51-53-55-57-59-61-71(89)84-66(67(88)60-58-56-54-52-50-48-46-44-42-40-26-24-22-20-18-16-14-12-10-8-6-4-2)65-97-81-77(95)74(92)79(69(63-86)99-81)102-83-78(96)75(93)80(70(64-87)100-83)101-82-76(94)73(91)72(90)68(62-85)98-82/h21,23,66-70,72-83,85-88,90-96H,3-20,22,24-65H2,1-2H3,(H,84,89)/b23-21-. The minimum atomic E-state index is -1.97. The minimum Gasteiger partial charge on any atom is -0.394 e. The van der Waals surface area contributed by atoms with E-state index < -0.39 is 124 Å². The van der Waals surface area contributed by atoms with Crippen molar-refractivity contribution in [2.24, 2.45) is 0 Å². The third-order valence-corrected chi connectivity index (χ3v) is 21.8. The van der Waals surface area contributed by atoms with Crippen molar-refractivity contribution >= 4 is 5.91 Å². The summed E-state index contributed by atoms with van der Waals surface area (Å²) in [5, 5.41) is 121. The topological polar surface area (TPSA) is 307 Å². The molecule has 0 aromatic carbocycles. The molecule has 0 aromatic heterocycles. The Morgan fingerprint density at radius 2 is 0.618 bits per heavy atom. The Labute approximate surface area is 620 Å². The lowest BCUT2D eigenvalue weighted by molar-refractivity contribution is -0.379. The molecule has 102 heavy (non-hydrogen) atoms. The molecule has 3 heterocycles. The highest BCUT2D eigenvalue weighted by Gasteiger charge is 2.54. The summed E-state index contributed by atoms with van der Waals surface area (Å²) < 4.78 is 34.6. The van der Waals surface area contributed by atoms with Gasteiger partial charge >= 0.3 is 0 Å². The van der Waals surface area contributed by atoms with E-state index in [1.807, 2.05) is 0 Å². The first-order chi connectivity index (χ1) is 49.8. The minimum absolute atomic E-state index is 0.233. The Kier molecular flexibility index (Phi) is 59.8. The number of amides is 1. The summed E-state index contributed by atoms with van der Waals surface area (Å²) in [6, 6.07) is -0.885. The second-order valence-electron chi connectivity index (χ2n) is 31.0. The number of hydrogen-bond donors (Lipinski definition) is 12. The number of ether oxygens (including phenoxy) is 6. The summed E-state index contributed by atoms with van der Waals surface area (Å²) in [4.78, 5) is 13.5. The Morgan fingerprint density at radius 3 is 0.951 bits per heavy atom.